The molecule has 65 heavy (non-hydrogen) atoms. The molecule has 3 aliphatic heterocycles. The standard InChI is InChI=1S/C58H36BN3OS2/c1-4-18-37(19-5-1)41-24-10-12-27-45(41)62-48-30-17-29-47-53(48)59(54-57-56(65-58(54)62)43-25-11-15-33-52(43)64-57)44-35-34-40-36-49(44)61(47)55-42(38-20-6-2-7-21-38)26-16-32-51(55)63-50-31-14-13-28-46(50)60(40)39-22-8-3-9-23-39/h1-36H. The molecule has 5 heterocycles. The van der Waals surface area contributed by atoms with Crippen molar-refractivity contribution in [1.29, 1.82) is 0 Å². The maximum Gasteiger partial charge on any atom is 0.255 e. The van der Waals surface area contributed by atoms with Gasteiger partial charge in [0.15, 0.2) is 11.5 Å². The molecule has 0 saturated heterocycles. The van der Waals surface area contributed by atoms with Crippen LogP contribution in [0, 0.1) is 0 Å². The second kappa shape index (κ2) is 14.3. The zero-order valence-corrected chi connectivity index (χ0v) is 36.6. The largest absolute Gasteiger partial charge is 0.453 e. The van der Waals surface area contributed by atoms with Crippen LogP contribution in [0.1, 0.15) is 0 Å². The molecular weight excluding hydrogens is 830 g/mol. The molecule has 0 spiro atoms. The minimum absolute atomic E-state index is 0.0490. The molecule has 0 fully saturated rings. The Morgan fingerprint density at radius 2 is 1.00 bits per heavy atom. The predicted molar refractivity (Wildman–Crippen MR) is 277 cm³/mol. The van der Waals surface area contributed by atoms with Gasteiger partial charge in [0, 0.05) is 54.3 Å². The number of hydrogen-bond donors (Lipinski definition) is 0. The highest BCUT2D eigenvalue weighted by molar-refractivity contribution is 7.37. The molecule has 304 valence electrons. The van der Waals surface area contributed by atoms with Crippen molar-refractivity contribution in [3.05, 3.63) is 218 Å². The molecule has 3 aliphatic rings. The third kappa shape index (κ3) is 5.43. The molecule has 11 aromatic rings. The molecule has 0 N–H and O–H groups in total. The van der Waals surface area contributed by atoms with Crippen LogP contribution in [0.15, 0.2) is 218 Å². The van der Waals surface area contributed by atoms with E-state index in [2.05, 4.69) is 233 Å². The first-order valence-corrected chi connectivity index (χ1v) is 23.7. The number of ether oxygens (including phenoxy) is 1. The van der Waals surface area contributed by atoms with Crippen LogP contribution in [0.25, 0.3) is 41.7 Å². The molecule has 0 saturated carbocycles. The summed E-state index contributed by atoms with van der Waals surface area (Å²) in [4.78, 5) is 7.44. The molecule has 14 rings (SSSR count). The molecule has 9 aromatic carbocycles. The van der Waals surface area contributed by atoms with E-state index in [0.717, 1.165) is 62.4 Å². The molecule has 4 nitrogen and oxygen atoms in total. The third-order valence-corrected chi connectivity index (χ3v) is 15.8. The third-order valence-electron chi connectivity index (χ3n) is 13.2. The first-order valence-electron chi connectivity index (χ1n) is 22.0. The predicted octanol–water partition coefficient (Wildman–Crippen LogP) is 15.1. The Labute approximate surface area is 385 Å². The van der Waals surface area contributed by atoms with Gasteiger partial charge in [0.05, 0.1) is 26.8 Å². The normalized spacial score (nSPS) is 13.2. The van der Waals surface area contributed by atoms with Gasteiger partial charge < -0.3 is 19.4 Å². The zero-order chi connectivity index (χ0) is 42.6. The fraction of sp³-hybridized carbons (Fsp3) is 0. The van der Waals surface area contributed by atoms with Crippen molar-refractivity contribution in [2.75, 3.05) is 14.7 Å². The van der Waals surface area contributed by atoms with Crippen LogP contribution in [-0.4, -0.2) is 6.71 Å². The molecule has 0 atom stereocenters. The summed E-state index contributed by atoms with van der Waals surface area (Å²) in [6.07, 6.45) is 0. The van der Waals surface area contributed by atoms with Crippen LogP contribution in [0.2, 0.25) is 0 Å². The minimum Gasteiger partial charge on any atom is -0.453 e. The number of hydrogen-bond acceptors (Lipinski definition) is 6. The lowest BCUT2D eigenvalue weighted by Crippen LogP contribution is -2.61. The molecule has 0 amide bonds. The van der Waals surface area contributed by atoms with Gasteiger partial charge in [0.25, 0.3) is 6.71 Å². The van der Waals surface area contributed by atoms with Gasteiger partial charge in [0.2, 0.25) is 0 Å². The molecular formula is C58H36BN3OS2. The van der Waals surface area contributed by atoms with E-state index in [0.29, 0.717) is 0 Å². The SMILES string of the molecule is c1ccc(-c2ccccc2N2c3cccc4c3B(c3ccc5cc3N4c3c(cccc3-c3ccccc3)Oc3ccccc3N5c3ccccc3)c3c2sc2c3sc3ccccc32)cc1. The highest BCUT2D eigenvalue weighted by Gasteiger charge is 2.47. The summed E-state index contributed by atoms with van der Waals surface area (Å²) >= 11 is 3.87. The van der Waals surface area contributed by atoms with Crippen LogP contribution in [-0.2, 0) is 0 Å². The smallest absolute Gasteiger partial charge is 0.255 e. The Bertz CT molecular complexity index is 3680. The average molecular weight is 866 g/mol. The van der Waals surface area contributed by atoms with E-state index in [4.69, 9.17) is 4.74 Å². The Morgan fingerprint density at radius 3 is 1.82 bits per heavy atom. The Kier molecular flexibility index (Phi) is 8.08. The lowest BCUT2D eigenvalue weighted by Gasteiger charge is -2.44. The zero-order valence-electron chi connectivity index (χ0n) is 34.9. The summed E-state index contributed by atoms with van der Waals surface area (Å²) in [5.41, 5.74) is 17.2. The van der Waals surface area contributed by atoms with Crippen molar-refractivity contribution in [3.63, 3.8) is 0 Å². The minimum atomic E-state index is -0.0490. The summed E-state index contributed by atoms with van der Waals surface area (Å²) in [5, 5.41) is 2.59. The van der Waals surface area contributed by atoms with Gasteiger partial charge in [-0.1, -0.05) is 152 Å². The first kappa shape index (κ1) is 36.6. The maximum absolute atomic E-state index is 7.33. The van der Waals surface area contributed by atoms with Gasteiger partial charge in [-0.2, -0.15) is 0 Å². The monoisotopic (exact) mass is 865 g/mol. The number of rotatable bonds is 4. The highest BCUT2D eigenvalue weighted by Crippen LogP contribution is 2.56. The fourth-order valence-electron chi connectivity index (χ4n) is 10.5. The van der Waals surface area contributed by atoms with Crippen LogP contribution < -0.4 is 35.8 Å². The number of nitrogens with zero attached hydrogens (tertiary/aromatic N) is 3. The lowest BCUT2D eigenvalue weighted by molar-refractivity contribution is 0.485. The molecule has 2 aromatic heterocycles. The fourth-order valence-corrected chi connectivity index (χ4v) is 13.4. The van der Waals surface area contributed by atoms with Gasteiger partial charge in [-0.15, -0.1) is 22.7 Å². The van der Waals surface area contributed by atoms with Crippen molar-refractivity contribution in [2.24, 2.45) is 0 Å². The number of thiophene rings is 2. The van der Waals surface area contributed by atoms with Crippen LogP contribution in [0.5, 0.6) is 11.5 Å². The van der Waals surface area contributed by atoms with E-state index in [-0.39, 0.29) is 6.71 Å². The molecule has 2 bridgehead atoms. The molecule has 0 aliphatic carbocycles. The van der Waals surface area contributed by atoms with E-state index < -0.39 is 0 Å². The Balaban J connectivity index is 1.12. The summed E-state index contributed by atoms with van der Waals surface area (Å²) in [7, 11) is 0. The van der Waals surface area contributed by atoms with Crippen molar-refractivity contribution in [1.82, 2.24) is 0 Å². The number of benzene rings is 9. The quantitative estimate of drug-likeness (QED) is 0.164. The summed E-state index contributed by atoms with van der Waals surface area (Å²) in [6, 6.07) is 79.2. The number of fused-ring (bicyclic) bond motifs is 12. The van der Waals surface area contributed by atoms with Crippen LogP contribution in [0.3, 0.4) is 0 Å². The summed E-state index contributed by atoms with van der Waals surface area (Å²) in [5.74, 6) is 1.56. The Hall–Kier alpha value is -7.84. The summed E-state index contributed by atoms with van der Waals surface area (Å²) < 4.78 is 11.3. The Morgan fingerprint density at radius 1 is 0.385 bits per heavy atom. The summed E-state index contributed by atoms with van der Waals surface area (Å²) in [6.45, 7) is -0.0490. The van der Waals surface area contributed by atoms with Crippen molar-refractivity contribution in [3.8, 4) is 33.8 Å². The van der Waals surface area contributed by atoms with Gasteiger partial charge in [0.1, 0.15) is 0 Å². The van der Waals surface area contributed by atoms with Crippen LogP contribution in [0.4, 0.5) is 50.5 Å². The number of para-hydroxylation sites is 5. The second-order valence-corrected chi connectivity index (χ2v) is 18.8. The van der Waals surface area contributed by atoms with Gasteiger partial charge in [-0.05, 0) is 94.2 Å². The average Bonchev–Trinajstić information content (AvgIpc) is 3.92. The highest BCUT2D eigenvalue weighted by atomic mass is 32.1. The van der Waals surface area contributed by atoms with Gasteiger partial charge >= 0.3 is 0 Å². The molecule has 0 unspecified atom stereocenters. The maximum atomic E-state index is 7.33. The first-order chi connectivity index (χ1) is 32.3. The van der Waals surface area contributed by atoms with E-state index >= 15 is 0 Å². The van der Waals surface area contributed by atoms with E-state index in [1.165, 1.54) is 57.7 Å². The number of anilines is 9. The van der Waals surface area contributed by atoms with E-state index in [9.17, 15) is 0 Å². The lowest BCUT2D eigenvalue weighted by atomic mass is 9.34. The van der Waals surface area contributed by atoms with Crippen molar-refractivity contribution >= 4 is 116 Å². The van der Waals surface area contributed by atoms with Gasteiger partial charge in [-0.3, -0.25) is 0 Å². The van der Waals surface area contributed by atoms with Crippen molar-refractivity contribution < 1.29 is 4.74 Å². The molecule has 7 heteroatoms. The van der Waals surface area contributed by atoms with E-state index in [1.807, 2.05) is 22.7 Å². The van der Waals surface area contributed by atoms with Gasteiger partial charge in [-0.25, -0.2) is 0 Å². The van der Waals surface area contributed by atoms with E-state index in [1.54, 1.807) is 0 Å². The van der Waals surface area contributed by atoms with Crippen LogP contribution >= 0.6 is 22.7 Å². The van der Waals surface area contributed by atoms with Crippen molar-refractivity contribution in [2.45, 2.75) is 0 Å². The second-order valence-electron chi connectivity index (χ2n) is 16.8. The topological polar surface area (TPSA) is 19.0 Å². The molecule has 0 radical (unpaired) electrons.